The summed E-state index contributed by atoms with van der Waals surface area (Å²) >= 11 is 0. The van der Waals surface area contributed by atoms with E-state index in [1.165, 1.54) is 43.9 Å². The number of carbonyl (C=O) groups excluding carboxylic acids is 3. The molecule has 3 aromatic rings. The number of rotatable bonds is 14. The summed E-state index contributed by atoms with van der Waals surface area (Å²) in [6, 6.07) is 16.1. The molecule has 0 saturated carbocycles. The minimum atomic E-state index is -0.856. The monoisotopic (exact) mass is 602 g/mol. The maximum absolute atomic E-state index is 13.9. The molecule has 0 bridgehead atoms. The predicted molar refractivity (Wildman–Crippen MR) is 166 cm³/mol. The average molecular weight is 603 g/mol. The molecule has 234 valence electrons. The van der Waals surface area contributed by atoms with Crippen LogP contribution < -0.4 is 14.2 Å². The summed E-state index contributed by atoms with van der Waals surface area (Å²) in [6.07, 6.45) is 8.08. The topological polar surface area (TPSA) is 104 Å². The Hall–Kier alpha value is -4.40. The maximum Gasteiger partial charge on any atom is 0.329 e. The van der Waals surface area contributed by atoms with Crippen molar-refractivity contribution in [3.05, 3.63) is 83.7 Å². The minimum Gasteiger partial charge on any atom is -0.493 e. The standard InChI is InChI=1S/C35H42N2O7/c1-5-27(25-16-12-19-36-23-25)29(18-11-15-24-13-7-6-8-14-24)44-35(40)28-17-9-10-20-37(28)34(39)32(38)26-21-30(41-2)33(43-4)31(22-26)42-3/h6-8,12-14,16,19,21-23,27-29H,5,9-11,15,17-18,20H2,1-4H3/t27?,28-,29?/m0/s1. The number of hydrogen-bond donors (Lipinski definition) is 0. The van der Waals surface area contributed by atoms with E-state index >= 15 is 0 Å². The number of ether oxygens (including phenoxy) is 4. The van der Waals surface area contributed by atoms with Crippen LogP contribution >= 0.6 is 0 Å². The third kappa shape index (κ3) is 7.75. The van der Waals surface area contributed by atoms with Gasteiger partial charge in [-0.3, -0.25) is 14.6 Å². The van der Waals surface area contributed by atoms with E-state index in [-0.39, 0.29) is 29.5 Å². The molecule has 1 fully saturated rings. The Labute approximate surface area is 259 Å². The Morgan fingerprint density at radius 3 is 2.30 bits per heavy atom. The van der Waals surface area contributed by atoms with Gasteiger partial charge in [0.1, 0.15) is 12.1 Å². The second-order valence-corrected chi connectivity index (χ2v) is 10.9. The Balaban J connectivity index is 1.54. The lowest BCUT2D eigenvalue weighted by Crippen LogP contribution is -2.51. The number of methoxy groups -OCH3 is 3. The van der Waals surface area contributed by atoms with Gasteiger partial charge in [0, 0.05) is 30.4 Å². The van der Waals surface area contributed by atoms with Crippen LogP contribution in [-0.4, -0.2) is 67.6 Å². The number of nitrogens with zero attached hydrogens (tertiary/aromatic N) is 2. The van der Waals surface area contributed by atoms with Crippen molar-refractivity contribution in [2.75, 3.05) is 27.9 Å². The quantitative estimate of drug-likeness (QED) is 0.130. The first kappa shape index (κ1) is 32.5. The van der Waals surface area contributed by atoms with Gasteiger partial charge in [0.25, 0.3) is 11.7 Å². The molecule has 0 N–H and O–H groups in total. The highest BCUT2D eigenvalue weighted by Gasteiger charge is 2.38. The lowest BCUT2D eigenvalue weighted by Gasteiger charge is -2.35. The number of aryl methyl sites for hydroxylation is 1. The van der Waals surface area contributed by atoms with Gasteiger partial charge in [0.15, 0.2) is 11.5 Å². The molecule has 0 radical (unpaired) electrons. The molecular weight excluding hydrogens is 560 g/mol. The van der Waals surface area contributed by atoms with Gasteiger partial charge < -0.3 is 23.8 Å². The minimum absolute atomic E-state index is 0.0583. The molecule has 3 atom stereocenters. The van der Waals surface area contributed by atoms with Crippen molar-refractivity contribution < 1.29 is 33.3 Å². The number of ketones is 1. The van der Waals surface area contributed by atoms with Crippen molar-refractivity contribution in [3.63, 3.8) is 0 Å². The molecule has 2 aromatic carbocycles. The third-order valence-corrected chi connectivity index (χ3v) is 8.22. The van der Waals surface area contributed by atoms with Crippen LogP contribution in [0.3, 0.4) is 0 Å². The van der Waals surface area contributed by atoms with Gasteiger partial charge in [-0.15, -0.1) is 0 Å². The van der Waals surface area contributed by atoms with E-state index in [2.05, 4.69) is 24.0 Å². The van der Waals surface area contributed by atoms with Crippen LogP contribution in [0.2, 0.25) is 0 Å². The zero-order valence-electron chi connectivity index (χ0n) is 26.0. The van der Waals surface area contributed by atoms with Crippen LogP contribution in [0.4, 0.5) is 0 Å². The third-order valence-electron chi connectivity index (χ3n) is 8.22. The Morgan fingerprint density at radius 2 is 1.68 bits per heavy atom. The van der Waals surface area contributed by atoms with Crippen molar-refractivity contribution in [2.45, 2.75) is 69.9 Å². The molecule has 1 aromatic heterocycles. The number of amides is 1. The van der Waals surface area contributed by atoms with Crippen LogP contribution in [0.1, 0.15) is 72.9 Å². The van der Waals surface area contributed by atoms with Gasteiger partial charge in [-0.1, -0.05) is 43.3 Å². The molecular formula is C35H42N2O7. The predicted octanol–water partition coefficient (Wildman–Crippen LogP) is 5.80. The summed E-state index contributed by atoms with van der Waals surface area (Å²) in [5.74, 6) is -1.23. The largest absolute Gasteiger partial charge is 0.493 e. The van der Waals surface area contributed by atoms with Gasteiger partial charge in [0.05, 0.1) is 21.3 Å². The van der Waals surface area contributed by atoms with Gasteiger partial charge in [-0.05, 0) is 74.3 Å². The zero-order chi connectivity index (χ0) is 31.5. The van der Waals surface area contributed by atoms with E-state index in [0.29, 0.717) is 25.0 Å². The van der Waals surface area contributed by atoms with E-state index in [9.17, 15) is 14.4 Å². The van der Waals surface area contributed by atoms with E-state index in [4.69, 9.17) is 18.9 Å². The van der Waals surface area contributed by atoms with E-state index < -0.39 is 29.8 Å². The Kier molecular flexibility index (Phi) is 11.7. The van der Waals surface area contributed by atoms with Crippen LogP contribution in [0.15, 0.2) is 67.0 Å². The summed E-state index contributed by atoms with van der Waals surface area (Å²) in [4.78, 5) is 46.6. The second-order valence-electron chi connectivity index (χ2n) is 10.9. The van der Waals surface area contributed by atoms with Crippen molar-refractivity contribution in [1.82, 2.24) is 9.88 Å². The first-order valence-electron chi connectivity index (χ1n) is 15.2. The van der Waals surface area contributed by atoms with E-state index in [1.54, 1.807) is 6.20 Å². The average Bonchev–Trinajstić information content (AvgIpc) is 3.08. The van der Waals surface area contributed by atoms with Crippen molar-refractivity contribution in [1.29, 1.82) is 0 Å². The summed E-state index contributed by atoms with van der Waals surface area (Å²) in [5, 5.41) is 0. The zero-order valence-corrected chi connectivity index (χ0v) is 26.0. The lowest BCUT2D eigenvalue weighted by atomic mass is 9.88. The normalized spacial score (nSPS) is 16.0. The highest BCUT2D eigenvalue weighted by molar-refractivity contribution is 6.43. The second kappa shape index (κ2) is 15.9. The van der Waals surface area contributed by atoms with Gasteiger partial charge in [0.2, 0.25) is 5.75 Å². The molecule has 1 aliphatic rings. The van der Waals surface area contributed by atoms with E-state index in [0.717, 1.165) is 31.2 Å². The van der Waals surface area contributed by atoms with Crippen LogP contribution in [0.25, 0.3) is 0 Å². The molecule has 9 nitrogen and oxygen atoms in total. The first-order chi connectivity index (χ1) is 21.4. The highest BCUT2D eigenvalue weighted by Crippen LogP contribution is 2.38. The fourth-order valence-corrected chi connectivity index (χ4v) is 5.92. The molecule has 9 heteroatoms. The van der Waals surface area contributed by atoms with Crippen molar-refractivity contribution in [2.24, 2.45) is 0 Å². The number of aromatic nitrogens is 1. The van der Waals surface area contributed by atoms with Crippen LogP contribution in [-0.2, 0) is 20.7 Å². The lowest BCUT2D eigenvalue weighted by molar-refractivity contribution is -0.161. The molecule has 2 unspecified atom stereocenters. The molecule has 1 amide bonds. The molecule has 2 heterocycles. The van der Waals surface area contributed by atoms with Gasteiger partial charge >= 0.3 is 5.97 Å². The van der Waals surface area contributed by atoms with Gasteiger partial charge in [-0.2, -0.15) is 0 Å². The summed E-state index contributed by atoms with van der Waals surface area (Å²) in [5.41, 5.74) is 2.31. The SMILES string of the molecule is CCC(c1cccnc1)C(CCCc1ccccc1)OC(=O)[C@@H]1CCCCN1C(=O)C(=O)c1cc(OC)c(OC)c(OC)c1. The number of pyridine rings is 1. The van der Waals surface area contributed by atoms with Gasteiger partial charge in [-0.25, -0.2) is 4.79 Å². The number of esters is 1. The number of carbonyl (C=O) groups is 3. The smallest absolute Gasteiger partial charge is 0.329 e. The Bertz CT molecular complexity index is 1370. The summed E-state index contributed by atoms with van der Waals surface area (Å²) in [7, 11) is 4.34. The molecule has 44 heavy (non-hydrogen) atoms. The van der Waals surface area contributed by atoms with Crippen molar-refractivity contribution >= 4 is 17.7 Å². The van der Waals surface area contributed by atoms with Crippen LogP contribution in [0.5, 0.6) is 17.2 Å². The number of Topliss-reactive ketones (excluding diaryl/α,β-unsaturated/α-hetero) is 1. The number of piperidine rings is 1. The summed E-state index contributed by atoms with van der Waals surface area (Å²) in [6.45, 7) is 2.36. The number of benzene rings is 2. The number of likely N-dealkylation sites (tertiary alicyclic amines) is 1. The van der Waals surface area contributed by atoms with E-state index in [1.807, 2.05) is 36.5 Å². The molecule has 1 aliphatic heterocycles. The molecule has 0 spiro atoms. The number of hydrogen-bond acceptors (Lipinski definition) is 8. The maximum atomic E-state index is 13.9. The van der Waals surface area contributed by atoms with Crippen molar-refractivity contribution in [3.8, 4) is 17.2 Å². The molecule has 0 aliphatic carbocycles. The molecule has 4 rings (SSSR count). The summed E-state index contributed by atoms with van der Waals surface area (Å²) < 4.78 is 22.4. The fraction of sp³-hybridized carbons (Fsp3) is 0.429. The van der Waals surface area contributed by atoms with Crippen LogP contribution in [0, 0.1) is 0 Å². The highest BCUT2D eigenvalue weighted by atomic mass is 16.5. The first-order valence-corrected chi connectivity index (χ1v) is 15.2. The molecule has 1 saturated heterocycles. The fourth-order valence-electron chi connectivity index (χ4n) is 5.92. The Morgan fingerprint density at radius 1 is 0.955 bits per heavy atom.